The summed E-state index contributed by atoms with van der Waals surface area (Å²) in [5.74, 6) is -0.615. The highest BCUT2D eigenvalue weighted by molar-refractivity contribution is 5.89. The molecule has 1 aromatic heterocycles. The Kier molecular flexibility index (Phi) is 5.76. The van der Waals surface area contributed by atoms with Gasteiger partial charge >= 0.3 is 11.7 Å². The largest absolute Gasteiger partial charge is 0.457 e. The van der Waals surface area contributed by atoms with Gasteiger partial charge in [-0.25, -0.2) is 9.59 Å². The fourth-order valence-corrected chi connectivity index (χ4v) is 1.96. The standard InChI is InChI=1S/C17H20N2O6/c1-11(20)12(2)25-15(19-9-8-14(21)18-17(19)23)10-24-16(22)13-6-4-3-5-7-13/h3-9,11-12,15,20H,10H2,1-2H3,(H,18,21,23)/t11-,12?,15?/m0/s1/i2T. The number of carbonyl (C=O) groups excluding carboxylic acids is 1. The second kappa shape index (κ2) is 8.41. The van der Waals surface area contributed by atoms with E-state index in [-0.39, 0.29) is 13.5 Å². The van der Waals surface area contributed by atoms with Gasteiger partial charge < -0.3 is 14.6 Å². The van der Waals surface area contributed by atoms with Crippen LogP contribution >= 0.6 is 0 Å². The number of aliphatic hydroxyl groups is 1. The molecule has 0 saturated heterocycles. The van der Waals surface area contributed by atoms with Crippen molar-refractivity contribution in [3.8, 4) is 0 Å². The van der Waals surface area contributed by atoms with Crippen molar-refractivity contribution < 1.29 is 20.7 Å². The Balaban J connectivity index is 2.21. The summed E-state index contributed by atoms with van der Waals surface area (Å²) in [6, 6.07) is 9.39. The zero-order valence-electron chi connectivity index (χ0n) is 14.6. The molecule has 0 amide bonds. The van der Waals surface area contributed by atoms with Crippen LogP contribution in [0.1, 0.15) is 31.8 Å². The summed E-state index contributed by atoms with van der Waals surface area (Å²) in [6.07, 6.45) is -1.80. The molecule has 1 aromatic carbocycles. The molecule has 0 bridgehead atoms. The number of aromatic amines is 1. The van der Waals surface area contributed by atoms with Crippen LogP contribution in [0.4, 0.5) is 0 Å². The molecule has 3 atom stereocenters. The van der Waals surface area contributed by atoms with E-state index in [0.717, 1.165) is 10.6 Å². The first-order valence-electron chi connectivity index (χ1n) is 8.29. The van der Waals surface area contributed by atoms with Crippen LogP contribution in [-0.4, -0.2) is 39.4 Å². The summed E-state index contributed by atoms with van der Waals surface area (Å²) in [5, 5.41) is 9.68. The summed E-state index contributed by atoms with van der Waals surface area (Å²) >= 11 is 0. The van der Waals surface area contributed by atoms with Gasteiger partial charge in [0.25, 0.3) is 5.56 Å². The number of carbonyl (C=O) groups is 1. The summed E-state index contributed by atoms with van der Waals surface area (Å²) in [6.45, 7) is 0.837. The average molecular weight is 350 g/mol. The molecule has 2 unspecified atom stereocenters. The van der Waals surface area contributed by atoms with Crippen LogP contribution < -0.4 is 11.2 Å². The van der Waals surface area contributed by atoms with Crippen LogP contribution in [0.2, 0.25) is 0 Å². The van der Waals surface area contributed by atoms with E-state index < -0.39 is 35.7 Å². The predicted octanol–water partition coefficient (Wildman–Crippen LogP) is 0.678. The quantitative estimate of drug-likeness (QED) is 0.711. The number of ether oxygens (including phenoxy) is 2. The molecule has 0 saturated carbocycles. The number of aromatic nitrogens is 2. The first-order valence-corrected chi connectivity index (χ1v) is 7.58. The summed E-state index contributed by atoms with van der Waals surface area (Å²) in [4.78, 5) is 37.4. The SMILES string of the molecule is [3H]CC(OC(COC(=O)c1ccccc1)n1ccc(=O)[nH]c1=O)[C@H](C)O. The number of rotatable bonds is 7. The van der Waals surface area contributed by atoms with Gasteiger partial charge in [0.15, 0.2) is 6.23 Å². The zero-order valence-corrected chi connectivity index (χ0v) is 13.6. The lowest BCUT2D eigenvalue weighted by molar-refractivity contribution is -0.114. The Morgan fingerprint density at radius 2 is 2.04 bits per heavy atom. The molecule has 0 fully saturated rings. The first kappa shape index (κ1) is 17.1. The second-order valence-electron chi connectivity index (χ2n) is 5.35. The third-order valence-corrected chi connectivity index (χ3v) is 3.40. The van der Waals surface area contributed by atoms with Crippen molar-refractivity contribution in [2.24, 2.45) is 0 Å². The van der Waals surface area contributed by atoms with Crippen molar-refractivity contribution in [2.75, 3.05) is 6.61 Å². The number of hydrogen-bond donors (Lipinski definition) is 2. The Morgan fingerprint density at radius 3 is 2.64 bits per heavy atom. The van der Waals surface area contributed by atoms with Crippen LogP contribution in [0.5, 0.6) is 0 Å². The molecule has 2 rings (SSSR count). The fraction of sp³-hybridized carbons (Fsp3) is 0.353. The summed E-state index contributed by atoms with van der Waals surface area (Å²) < 4.78 is 19.3. The van der Waals surface area contributed by atoms with E-state index >= 15 is 0 Å². The molecule has 2 N–H and O–H groups in total. The van der Waals surface area contributed by atoms with Gasteiger partial charge in [-0.15, -0.1) is 0 Å². The molecule has 0 aliphatic carbocycles. The third-order valence-electron chi connectivity index (χ3n) is 3.40. The lowest BCUT2D eigenvalue weighted by atomic mass is 10.2. The molecule has 2 aromatic rings. The molecule has 134 valence electrons. The second-order valence-corrected chi connectivity index (χ2v) is 5.35. The Hall–Kier alpha value is -2.71. The number of esters is 1. The van der Waals surface area contributed by atoms with Gasteiger partial charge in [0, 0.05) is 13.6 Å². The van der Waals surface area contributed by atoms with Gasteiger partial charge in [0.1, 0.15) is 6.61 Å². The van der Waals surface area contributed by atoms with E-state index in [2.05, 4.69) is 4.98 Å². The van der Waals surface area contributed by atoms with Gasteiger partial charge in [-0.05, 0) is 26.0 Å². The van der Waals surface area contributed by atoms with Crippen molar-refractivity contribution in [2.45, 2.75) is 32.3 Å². The monoisotopic (exact) mass is 350 g/mol. The maximum atomic E-state index is 12.1. The van der Waals surface area contributed by atoms with Gasteiger partial charge in [-0.1, -0.05) is 18.2 Å². The molecule has 0 aliphatic rings. The zero-order chi connectivity index (χ0) is 19.1. The van der Waals surface area contributed by atoms with Crippen molar-refractivity contribution in [1.82, 2.24) is 9.55 Å². The van der Waals surface area contributed by atoms with Crippen LogP contribution in [0.25, 0.3) is 0 Å². The Morgan fingerprint density at radius 1 is 1.32 bits per heavy atom. The fourth-order valence-electron chi connectivity index (χ4n) is 1.96. The van der Waals surface area contributed by atoms with E-state index in [9.17, 15) is 19.5 Å². The number of aliphatic hydroxyl groups excluding tert-OH is 1. The van der Waals surface area contributed by atoms with E-state index in [1.807, 2.05) is 0 Å². The highest BCUT2D eigenvalue weighted by Gasteiger charge is 2.21. The van der Waals surface area contributed by atoms with Crippen LogP contribution in [0.3, 0.4) is 0 Å². The van der Waals surface area contributed by atoms with Gasteiger partial charge in [-0.3, -0.25) is 14.3 Å². The normalized spacial score (nSPS) is 15.0. The molecule has 0 aliphatic heterocycles. The minimum atomic E-state index is -1.11. The Labute approximate surface area is 145 Å². The predicted molar refractivity (Wildman–Crippen MR) is 89.3 cm³/mol. The smallest absolute Gasteiger partial charge is 0.338 e. The average Bonchev–Trinajstić information content (AvgIpc) is 2.62. The van der Waals surface area contributed by atoms with E-state index in [0.29, 0.717) is 5.56 Å². The summed E-state index contributed by atoms with van der Waals surface area (Å²) in [7, 11) is 0. The molecular formula is C17H20N2O6. The molecule has 8 heteroatoms. The Bertz CT molecular complexity index is 833. The maximum Gasteiger partial charge on any atom is 0.338 e. The molecule has 25 heavy (non-hydrogen) atoms. The number of H-pyrrole nitrogens is 1. The molecule has 0 radical (unpaired) electrons. The van der Waals surface area contributed by atoms with Crippen LogP contribution in [0.15, 0.2) is 52.2 Å². The van der Waals surface area contributed by atoms with Gasteiger partial charge in [0.05, 0.1) is 17.8 Å². The highest BCUT2D eigenvalue weighted by Crippen LogP contribution is 2.13. The third kappa shape index (κ3) is 5.13. The molecule has 8 nitrogen and oxygen atoms in total. The molecule has 0 spiro atoms. The van der Waals surface area contributed by atoms with Crippen molar-refractivity contribution >= 4 is 5.97 Å². The highest BCUT2D eigenvalue weighted by atomic mass is 16.6. The minimum absolute atomic E-state index is 0.265. The number of nitrogens with one attached hydrogen (secondary N) is 1. The molecular weight excluding hydrogens is 328 g/mol. The number of nitrogens with zero attached hydrogens (tertiary/aromatic N) is 1. The van der Waals surface area contributed by atoms with Crippen molar-refractivity contribution in [3.05, 3.63) is 69.0 Å². The van der Waals surface area contributed by atoms with E-state index in [1.54, 1.807) is 30.3 Å². The molecule has 1 heterocycles. The van der Waals surface area contributed by atoms with Gasteiger partial charge in [-0.2, -0.15) is 0 Å². The van der Waals surface area contributed by atoms with Crippen molar-refractivity contribution in [1.29, 1.82) is 0 Å². The lowest BCUT2D eigenvalue weighted by Gasteiger charge is -2.25. The lowest BCUT2D eigenvalue weighted by Crippen LogP contribution is -2.37. The maximum absolute atomic E-state index is 12.1. The topological polar surface area (TPSA) is 111 Å². The van der Waals surface area contributed by atoms with Crippen molar-refractivity contribution in [3.63, 3.8) is 0 Å². The number of hydrogen-bond acceptors (Lipinski definition) is 6. The van der Waals surface area contributed by atoms with Crippen LogP contribution in [0, 0.1) is 0 Å². The summed E-state index contributed by atoms with van der Waals surface area (Å²) in [5.41, 5.74) is -1.01. The van der Waals surface area contributed by atoms with Gasteiger partial charge in [0.2, 0.25) is 0 Å². The van der Waals surface area contributed by atoms with E-state index in [4.69, 9.17) is 10.8 Å². The van der Waals surface area contributed by atoms with Crippen LogP contribution in [-0.2, 0) is 9.47 Å². The number of benzene rings is 1. The van der Waals surface area contributed by atoms with E-state index in [1.165, 1.54) is 13.1 Å². The first-order chi connectivity index (χ1) is 12.4. The minimum Gasteiger partial charge on any atom is -0.457 e.